The highest BCUT2D eigenvalue weighted by molar-refractivity contribution is 7.10. The number of hydrogen-bond acceptors (Lipinski definition) is 4. The van der Waals surface area contributed by atoms with Gasteiger partial charge in [-0.25, -0.2) is 0 Å². The van der Waals surface area contributed by atoms with Gasteiger partial charge in [0.05, 0.1) is 16.9 Å². The van der Waals surface area contributed by atoms with Gasteiger partial charge in [-0.2, -0.15) is 0 Å². The SMILES string of the molecule is Cc1ccc(NCc2cc(C(N)=O)cs2)c(C)n1. The van der Waals surface area contributed by atoms with E-state index < -0.39 is 0 Å². The maximum Gasteiger partial charge on any atom is 0.249 e. The lowest BCUT2D eigenvalue weighted by Crippen LogP contribution is -2.09. The third-order valence-corrected chi connectivity index (χ3v) is 3.55. The van der Waals surface area contributed by atoms with Crippen molar-refractivity contribution in [3.63, 3.8) is 0 Å². The van der Waals surface area contributed by atoms with E-state index in [1.165, 1.54) is 11.3 Å². The Hall–Kier alpha value is -1.88. The highest BCUT2D eigenvalue weighted by atomic mass is 32.1. The first-order valence-corrected chi connectivity index (χ1v) is 6.49. The minimum atomic E-state index is -0.384. The summed E-state index contributed by atoms with van der Waals surface area (Å²) in [5.74, 6) is -0.384. The molecule has 0 fully saturated rings. The average molecular weight is 261 g/mol. The number of carbonyl (C=O) groups excluding carboxylic acids is 1. The molecule has 0 radical (unpaired) electrons. The van der Waals surface area contributed by atoms with Gasteiger partial charge in [-0.05, 0) is 32.0 Å². The third kappa shape index (κ3) is 2.87. The van der Waals surface area contributed by atoms with Gasteiger partial charge >= 0.3 is 0 Å². The first-order chi connectivity index (χ1) is 8.56. The van der Waals surface area contributed by atoms with Crippen LogP contribution in [0.15, 0.2) is 23.6 Å². The summed E-state index contributed by atoms with van der Waals surface area (Å²) >= 11 is 1.52. The lowest BCUT2D eigenvalue weighted by atomic mass is 10.2. The van der Waals surface area contributed by atoms with Crippen molar-refractivity contribution in [2.75, 3.05) is 5.32 Å². The van der Waals surface area contributed by atoms with Crippen LogP contribution in [0.4, 0.5) is 5.69 Å². The van der Waals surface area contributed by atoms with Crippen molar-refractivity contribution < 1.29 is 4.79 Å². The van der Waals surface area contributed by atoms with Crippen molar-refractivity contribution >= 4 is 22.9 Å². The van der Waals surface area contributed by atoms with E-state index in [9.17, 15) is 4.79 Å². The molecule has 0 spiro atoms. The molecule has 0 atom stereocenters. The molecular formula is C13H15N3OS. The van der Waals surface area contributed by atoms with E-state index in [2.05, 4.69) is 10.3 Å². The highest BCUT2D eigenvalue weighted by Crippen LogP contribution is 2.18. The molecule has 2 rings (SSSR count). The van der Waals surface area contributed by atoms with E-state index in [0.29, 0.717) is 12.1 Å². The Bertz CT molecular complexity index is 577. The summed E-state index contributed by atoms with van der Waals surface area (Å²) in [4.78, 5) is 16.4. The van der Waals surface area contributed by atoms with Crippen molar-refractivity contribution in [2.45, 2.75) is 20.4 Å². The molecule has 0 saturated heterocycles. The summed E-state index contributed by atoms with van der Waals surface area (Å²) in [6.07, 6.45) is 0. The number of amides is 1. The monoisotopic (exact) mass is 261 g/mol. The van der Waals surface area contributed by atoms with Crippen molar-refractivity contribution in [3.05, 3.63) is 45.4 Å². The van der Waals surface area contributed by atoms with E-state index in [4.69, 9.17) is 5.73 Å². The molecule has 5 heteroatoms. The van der Waals surface area contributed by atoms with Gasteiger partial charge in [0, 0.05) is 22.5 Å². The second-order valence-electron chi connectivity index (χ2n) is 4.11. The normalized spacial score (nSPS) is 10.3. The van der Waals surface area contributed by atoms with Gasteiger partial charge in [0.25, 0.3) is 0 Å². The van der Waals surface area contributed by atoms with Crippen LogP contribution < -0.4 is 11.1 Å². The standard InChI is InChI=1S/C13H15N3OS/c1-8-3-4-12(9(2)16-8)15-6-11-5-10(7-18-11)13(14)17/h3-5,7,15H,6H2,1-2H3,(H2,14,17). The number of aryl methyl sites for hydroxylation is 2. The smallest absolute Gasteiger partial charge is 0.249 e. The molecule has 94 valence electrons. The lowest BCUT2D eigenvalue weighted by molar-refractivity contribution is 0.100. The van der Waals surface area contributed by atoms with E-state index in [1.54, 1.807) is 5.38 Å². The molecule has 0 aromatic carbocycles. The summed E-state index contributed by atoms with van der Waals surface area (Å²) in [7, 11) is 0. The summed E-state index contributed by atoms with van der Waals surface area (Å²) in [6, 6.07) is 5.80. The Kier molecular flexibility index (Phi) is 3.62. The molecule has 2 heterocycles. The molecule has 4 nitrogen and oxygen atoms in total. The van der Waals surface area contributed by atoms with Crippen LogP contribution in [0.1, 0.15) is 26.6 Å². The number of primary amides is 1. The van der Waals surface area contributed by atoms with E-state index in [0.717, 1.165) is 22.0 Å². The van der Waals surface area contributed by atoms with Crippen LogP contribution >= 0.6 is 11.3 Å². The minimum Gasteiger partial charge on any atom is -0.379 e. The zero-order valence-corrected chi connectivity index (χ0v) is 11.2. The first-order valence-electron chi connectivity index (χ1n) is 5.61. The maximum absolute atomic E-state index is 11.0. The first kappa shape index (κ1) is 12.6. The molecule has 0 aliphatic rings. The topological polar surface area (TPSA) is 68.0 Å². The van der Waals surface area contributed by atoms with E-state index in [1.807, 2.05) is 32.0 Å². The second-order valence-corrected chi connectivity index (χ2v) is 5.10. The fourth-order valence-corrected chi connectivity index (χ4v) is 2.47. The van der Waals surface area contributed by atoms with E-state index >= 15 is 0 Å². The zero-order chi connectivity index (χ0) is 13.1. The molecule has 18 heavy (non-hydrogen) atoms. The maximum atomic E-state index is 11.0. The molecular weight excluding hydrogens is 246 g/mol. The fourth-order valence-electron chi connectivity index (χ4n) is 1.66. The molecule has 0 saturated carbocycles. The highest BCUT2D eigenvalue weighted by Gasteiger charge is 2.05. The predicted octanol–water partition coefficient (Wildman–Crippen LogP) is 2.47. The molecule has 0 unspecified atom stereocenters. The van der Waals surface area contributed by atoms with Crippen LogP contribution in [0.3, 0.4) is 0 Å². The number of thiophene rings is 1. The minimum absolute atomic E-state index is 0.384. The number of nitrogens with zero attached hydrogens (tertiary/aromatic N) is 1. The molecule has 2 aromatic heterocycles. The summed E-state index contributed by atoms with van der Waals surface area (Å²) in [6.45, 7) is 4.61. The zero-order valence-electron chi connectivity index (χ0n) is 10.4. The summed E-state index contributed by atoms with van der Waals surface area (Å²) in [5, 5.41) is 5.08. The number of rotatable bonds is 4. The van der Waals surface area contributed by atoms with Gasteiger partial charge in [-0.3, -0.25) is 9.78 Å². The van der Waals surface area contributed by atoms with Crippen molar-refractivity contribution in [2.24, 2.45) is 5.73 Å². The third-order valence-electron chi connectivity index (χ3n) is 2.62. The van der Waals surface area contributed by atoms with Crippen molar-refractivity contribution in [1.29, 1.82) is 0 Å². The Morgan fingerprint density at radius 2 is 2.22 bits per heavy atom. The van der Waals surface area contributed by atoms with Gasteiger partial charge in [0.2, 0.25) is 5.91 Å². The Balaban J connectivity index is 2.04. The Morgan fingerprint density at radius 3 is 2.83 bits per heavy atom. The van der Waals surface area contributed by atoms with Crippen LogP contribution in [-0.4, -0.2) is 10.9 Å². The number of aromatic nitrogens is 1. The van der Waals surface area contributed by atoms with Crippen LogP contribution in [0.5, 0.6) is 0 Å². The van der Waals surface area contributed by atoms with Crippen molar-refractivity contribution in [1.82, 2.24) is 4.98 Å². The number of nitrogens with two attached hydrogens (primary N) is 1. The van der Waals surface area contributed by atoms with Crippen LogP contribution in [0.2, 0.25) is 0 Å². The quantitative estimate of drug-likeness (QED) is 0.888. The Morgan fingerprint density at radius 1 is 1.44 bits per heavy atom. The molecule has 3 N–H and O–H groups in total. The lowest BCUT2D eigenvalue weighted by Gasteiger charge is -2.08. The average Bonchev–Trinajstić information content (AvgIpc) is 2.76. The number of nitrogens with one attached hydrogen (secondary N) is 1. The molecule has 0 bridgehead atoms. The number of hydrogen-bond donors (Lipinski definition) is 2. The van der Waals surface area contributed by atoms with Crippen LogP contribution in [-0.2, 0) is 6.54 Å². The second kappa shape index (κ2) is 5.18. The Labute approximate surface area is 110 Å². The van der Waals surface area contributed by atoms with Crippen LogP contribution in [0, 0.1) is 13.8 Å². The van der Waals surface area contributed by atoms with Gasteiger partial charge < -0.3 is 11.1 Å². The molecule has 0 aliphatic carbocycles. The molecule has 2 aromatic rings. The number of carbonyl (C=O) groups is 1. The predicted molar refractivity (Wildman–Crippen MR) is 73.9 cm³/mol. The van der Waals surface area contributed by atoms with Crippen LogP contribution in [0.25, 0.3) is 0 Å². The summed E-state index contributed by atoms with van der Waals surface area (Å²) in [5.41, 5.74) is 8.77. The molecule has 1 amide bonds. The van der Waals surface area contributed by atoms with Gasteiger partial charge in [-0.15, -0.1) is 11.3 Å². The fraction of sp³-hybridized carbons (Fsp3) is 0.231. The number of pyridine rings is 1. The van der Waals surface area contributed by atoms with Gasteiger partial charge in [0.1, 0.15) is 0 Å². The summed E-state index contributed by atoms with van der Waals surface area (Å²) < 4.78 is 0. The molecule has 0 aliphatic heterocycles. The van der Waals surface area contributed by atoms with Gasteiger partial charge in [0.15, 0.2) is 0 Å². The van der Waals surface area contributed by atoms with E-state index in [-0.39, 0.29) is 5.91 Å². The van der Waals surface area contributed by atoms with Crippen molar-refractivity contribution in [3.8, 4) is 0 Å². The van der Waals surface area contributed by atoms with Gasteiger partial charge in [-0.1, -0.05) is 0 Å². The largest absolute Gasteiger partial charge is 0.379 e. The number of anilines is 1.